The SMILES string of the molecule is CC(CC(O)c1ccco1)NC(=O)Cc1ccccc1OC(F)F. The molecule has 1 heterocycles. The fourth-order valence-corrected chi connectivity index (χ4v) is 2.35. The Kier molecular flexibility index (Phi) is 6.31. The Bertz CT molecular complexity index is 646. The van der Waals surface area contributed by atoms with Gasteiger partial charge in [0, 0.05) is 18.0 Å². The summed E-state index contributed by atoms with van der Waals surface area (Å²) in [4.78, 5) is 12.1. The minimum Gasteiger partial charge on any atom is -0.467 e. The molecule has 24 heavy (non-hydrogen) atoms. The van der Waals surface area contributed by atoms with E-state index in [4.69, 9.17) is 4.42 Å². The molecule has 1 aromatic carbocycles. The highest BCUT2D eigenvalue weighted by atomic mass is 19.3. The van der Waals surface area contributed by atoms with E-state index < -0.39 is 12.7 Å². The first-order valence-corrected chi connectivity index (χ1v) is 7.49. The number of hydrogen-bond acceptors (Lipinski definition) is 4. The summed E-state index contributed by atoms with van der Waals surface area (Å²) in [6.45, 7) is -1.21. The van der Waals surface area contributed by atoms with Gasteiger partial charge in [-0.15, -0.1) is 0 Å². The Morgan fingerprint density at radius 2 is 2.04 bits per heavy atom. The molecule has 0 saturated carbocycles. The largest absolute Gasteiger partial charge is 0.467 e. The summed E-state index contributed by atoms with van der Waals surface area (Å²) >= 11 is 0. The average molecular weight is 339 g/mol. The smallest absolute Gasteiger partial charge is 0.387 e. The number of ether oxygens (including phenoxy) is 1. The molecule has 5 nitrogen and oxygen atoms in total. The topological polar surface area (TPSA) is 71.7 Å². The van der Waals surface area contributed by atoms with Crippen LogP contribution in [0.5, 0.6) is 5.75 Å². The van der Waals surface area contributed by atoms with Gasteiger partial charge in [-0.3, -0.25) is 4.79 Å². The van der Waals surface area contributed by atoms with Crippen molar-refractivity contribution in [3.63, 3.8) is 0 Å². The highest BCUT2D eigenvalue weighted by molar-refractivity contribution is 5.79. The lowest BCUT2D eigenvalue weighted by Gasteiger charge is -2.17. The van der Waals surface area contributed by atoms with Crippen LogP contribution in [0.2, 0.25) is 0 Å². The first-order valence-electron chi connectivity index (χ1n) is 7.49. The zero-order valence-electron chi connectivity index (χ0n) is 13.1. The fourth-order valence-electron chi connectivity index (χ4n) is 2.35. The van der Waals surface area contributed by atoms with Gasteiger partial charge in [-0.2, -0.15) is 8.78 Å². The molecule has 0 aliphatic heterocycles. The van der Waals surface area contributed by atoms with Crippen molar-refractivity contribution in [2.24, 2.45) is 0 Å². The van der Waals surface area contributed by atoms with E-state index in [0.717, 1.165) is 0 Å². The molecule has 2 atom stereocenters. The van der Waals surface area contributed by atoms with Gasteiger partial charge in [-0.05, 0) is 25.1 Å². The van der Waals surface area contributed by atoms with Crippen molar-refractivity contribution in [3.05, 3.63) is 54.0 Å². The number of hydrogen-bond donors (Lipinski definition) is 2. The van der Waals surface area contributed by atoms with E-state index in [1.54, 1.807) is 37.3 Å². The number of carbonyl (C=O) groups is 1. The molecule has 2 aromatic rings. The van der Waals surface area contributed by atoms with Gasteiger partial charge in [0.05, 0.1) is 12.7 Å². The molecule has 0 bridgehead atoms. The second-order valence-corrected chi connectivity index (χ2v) is 5.40. The lowest BCUT2D eigenvalue weighted by molar-refractivity contribution is -0.121. The van der Waals surface area contributed by atoms with Gasteiger partial charge in [0.25, 0.3) is 0 Å². The van der Waals surface area contributed by atoms with Gasteiger partial charge in [0.1, 0.15) is 17.6 Å². The van der Waals surface area contributed by atoms with Crippen molar-refractivity contribution in [1.82, 2.24) is 5.32 Å². The van der Waals surface area contributed by atoms with E-state index in [-0.39, 0.29) is 30.5 Å². The van der Waals surface area contributed by atoms with Gasteiger partial charge in [0.2, 0.25) is 5.91 Å². The molecule has 0 saturated heterocycles. The molecule has 1 aromatic heterocycles. The molecular formula is C17H19F2NO4. The van der Waals surface area contributed by atoms with E-state index in [2.05, 4.69) is 10.1 Å². The molecule has 0 radical (unpaired) electrons. The van der Waals surface area contributed by atoms with Crippen LogP contribution in [0.1, 0.15) is 30.8 Å². The summed E-state index contributed by atoms with van der Waals surface area (Å²) in [5.74, 6) is 0.0529. The summed E-state index contributed by atoms with van der Waals surface area (Å²) < 4.78 is 34.2. The van der Waals surface area contributed by atoms with Crippen LogP contribution in [0.4, 0.5) is 8.78 Å². The predicted octanol–water partition coefficient (Wildman–Crippen LogP) is 3.05. The molecule has 0 aliphatic carbocycles. The summed E-state index contributed by atoms with van der Waals surface area (Å²) in [6.07, 6.45) is 0.810. The minimum atomic E-state index is -2.95. The number of benzene rings is 1. The fraction of sp³-hybridized carbons (Fsp3) is 0.353. The van der Waals surface area contributed by atoms with Crippen molar-refractivity contribution in [2.75, 3.05) is 0 Å². The third kappa shape index (κ3) is 5.34. The number of carbonyl (C=O) groups excluding carboxylic acids is 1. The second kappa shape index (κ2) is 8.44. The first kappa shape index (κ1) is 17.9. The van der Waals surface area contributed by atoms with Crippen molar-refractivity contribution in [2.45, 2.75) is 38.5 Å². The molecule has 7 heteroatoms. The number of para-hydroxylation sites is 1. The van der Waals surface area contributed by atoms with Gasteiger partial charge >= 0.3 is 6.61 Å². The van der Waals surface area contributed by atoms with Crippen molar-refractivity contribution in [3.8, 4) is 5.75 Å². The Labute approximate surface area is 138 Å². The third-order valence-electron chi connectivity index (χ3n) is 3.40. The Morgan fingerprint density at radius 1 is 1.29 bits per heavy atom. The number of nitrogens with one attached hydrogen (secondary N) is 1. The standard InChI is InChI=1S/C17H19F2NO4/c1-11(9-13(21)15-7-4-8-23-15)20-16(22)10-12-5-2-3-6-14(12)24-17(18)19/h2-8,11,13,17,21H,9-10H2,1H3,(H,20,22). The molecule has 0 aliphatic rings. The number of aliphatic hydroxyl groups is 1. The molecule has 130 valence electrons. The number of aliphatic hydroxyl groups excluding tert-OH is 1. The van der Waals surface area contributed by atoms with Gasteiger partial charge in [-0.25, -0.2) is 0 Å². The lowest BCUT2D eigenvalue weighted by Crippen LogP contribution is -2.34. The van der Waals surface area contributed by atoms with Gasteiger partial charge in [0.15, 0.2) is 0 Å². The normalized spacial score (nSPS) is 13.5. The number of halogens is 2. The summed E-state index contributed by atoms with van der Waals surface area (Å²) in [7, 11) is 0. The molecular weight excluding hydrogens is 320 g/mol. The van der Waals surface area contributed by atoms with Crippen LogP contribution >= 0.6 is 0 Å². The van der Waals surface area contributed by atoms with Crippen LogP contribution in [-0.2, 0) is 11.2 Å². The Morgan fingerprint density at radius 3 is 2.71 bits per heavy atom. The van der Waals surface area contributed by atoms with Crippen molar-refractivity contribution in [1.29, 1.82) is 0 Å². The summed E-state index contributed by atoms with van der Waals surface area (Å²) in [5.41, 5.74) is 0.370. The molecule has 0 fully saturated rings. The predicted molar refractivity (Wildman–Crippen MR) is 82.7 cm³/mol. The van der Waals surface area contributed by atoms with Gasteiger partial charge in [-0.1, -0.05) is 18.2 Å². The van der Waals surface area contributed by atoms with Crippen LogP contribution in [0.25, 0.3) is 0 Å². The van der Waals surface area contributed by atoms with E-state index in [0.29, 0.717) is 11.3 Å². The third-order valence-corrected chi connectivity index (χ3v) is 3.40. The molecule has 2 rings (SSSR count). The highest BCUT2D eigenvalue weighted by Crippen LogP contribution is 2.21. The van der Waals surface area contributed by atoms with Crippen molar-refractivity contribution >= 4 is 5.91 Å². The lowest BCUT2D eigenvalue weighted by atomic mass is 10.1. The first-order chi connectivity index (χ1) is 11.5. The van der Waals surface area contributed by atoms with E-state index in [1.807, 2.05) is 0 Å². The molecule has 0 spiro atoms. The number of furan rings is 1. The molecule has 1 amide bonds. The van der Waals surface area contributed by atoms with Crippen LogP contribution < -0.4 is 10.1 Å². The summed E-state index contributed by atoms with van der Waals surface area (Å²) in [6, 6.07) is 9.14. The highest BCUT2D eigenvalue weighted by Gasteiger charge is 2.18. The molecule has 2 unspecified atom stereocenters. The zero-order chi connectivity index (χ0) is 17.5. The summed E-state index contributed by atoms with van der Waals surface area (Å²) in [5, 5.41) is 12.7. The van der Waals surface area contributed by atoms with E-state index in [9.17, 15) is 18.7 Å². The maximum Gasteiger partial charge on any atom is 0.387 e. The monoisotopic (exact) mass is 339 g/mol. The number of rotatable bonds is 8. The van der Waals surface area contributed by atoms with Crippen LogP contribution in [0, 0.1) is 0 Å². The van der Waals surface area contributed by atoms with Crippen LogP contribution in [0.3, 0.4) is 0 Å². The zero-order valence-corrected chi connectivity index (χ0v) is 13.1. The molecule has 2 N–H and O–H groups in total. The Hall–Kier alpha value is -2.41. The van der Waals surface area contributed by atoms with E-state index in [1.165, 1.54) is 12.3 Å². The number of amides is 1. The maximum absolute atomic E-state index is 12.4. The second-order valence-electron chi connectivity index (χ2n) is 5.40. The Balaban J connectivity index is 1.89. The quantitative estimate of drug-likeness (QED) is 0.775. The maximum atomic E-state index is 12.4. The van der Waals surface area contributed by atoms with Crippen molar-refractivity contribution < 1.29 is 27.8 Å². The minimum absolute atomic E-state index is 0.0223. The van der Waals surface area contributed by atoms with Crippen LogP contribution in [0.15, 0.2) is 47.1 Å². The van der Waals surface area contributed by atoms with E-state index >= 15 is 0 Å². The number of alkyl halides is 2. The van der Waals surface area contributed by atoms with Crippen LogP contribution in [-0.4, -0.2) is 23.7 Å². The van der Waals surface area contributed by atoms with Gasteiger partial charge < -0.3 is 19.6 Å². The average Bonchev–Trinajstić information content (AvgIpc) is 3.02.